The van der Waals surface area contributed by atoms with Crippen LogP contribution in [0.1, 0.15) is 85.8 Å². The number of Topliss-reactive ketones (excluding diaryl/α,β-unsaturated/α-hetero) is 1. The van der Waals surface area contributed by atoms with Crippen LogP contribution >= 0.6 is 0 Å². The van der Waals surface area contributed by atoms with Gasteiger partial charge in [-0.15, -0.1) is 0 Å². The van der Waals surface area contributed by atoms with Crippen molar-refractivity contribution >= 4 is 46.9 Å². The number of aliphatic hydroxyl groups excluding tert-OH is 1. The zero-order valence-electron chi connectivity index (χ0n) is 40.2. The number of benzene rings is 1. The van der Waals surface area contributed by atoms with Crippen molar-refractivity contribution in [3.05, 3.63) is 78.3 Å². The predicted octanol–water partition coefficient (Wildman–Crippen LogP) is 5.80. The fourth-order valence-electron chi connectivity index (χ4n) is 10.1. The summed E-state index contributed by atoms with van der Waals surface area (Å²) in [5, 5.41) is 18.4. The monoisotopic (exact) mass is 929 g/mol. The molecule has 0 radical (unpaired) electrons. The fraction of sp³-hybridized carbons (Fsp3) is 0.580. The topological polar surface area (TPSA) is 214 Å². The molecule has 2 aromatic heterocycles. The van der Waals surface area contributed by atoms with Crippen molar-refractivity contribution in [3.63, 3.8) is 0 Å². The van der Waals surface area contributed by atoms with Crippen LogP contribution in [-0.4, -0.2) is 131 Å². The summed E-state index contributed by atoms with van der Waals surface area (Å²) < 4.78 is 38.0. The van der Waals surface area contributed by atoms with E-state index in [-0.39, 0.29) is 37.7 Å². The number of rotatable bonds is 11. The van der Waals surface area contributed by atoms with E-state index in [2.05, 4.69) is 20.6 Å². The summed E-state index contributed by atoms with van der Waals surface area (Å²) in [4.78, 5) is 80.9. The zero-order valence-corrected chi connectivity index (χ0v) is 40.2. The molecule has 364 valence electrons. The average Bonchev–Trinajstić information content (AvgIpc) is 3.61. The molecule has 3 aromatic rings. The number of aliphatic hydroxyl groups is 1. The third-order valence-corrected chi connectivity index (χ3v) is 13.6. The van der Waals surface area contributed by atoms with E-state index >= 15 is 0 Å². The van der Waals surface area contributed by atoms with Gasteiger partial charge in [0.1, 0.15) is 35.8 Å². The molecule has 1 aromatic carbocycles. The van der Waals surface area contributed by atoms with E-state index < -0.39 is 102 Å². The number of nitrogens with zero attached hydrogens (tertiary/aromatic N) is 3. The maximum absolute atomic E-state index is 14.7. The Bertz CT molecular complexity index is 2260. The fourth-order valence-corrected chi connectivity index (χ4v) is 10.1. The molecule has 3 aliphatic rings. The van der Waals surface area contributed by atoms with E-state index in [9.17, 15) is 29.1 Å². The molecule has 0 bridgehead atoms. The highest BCUT2D eigenvalue weighted by Crippen LogP contribution is 2.42. The smallest absolute Gasteiger partial charge is 0.408 e. The Kier molecular flexibility index (Phi) is 16.4. The van der Waals surface area contributed by atoms with E-state index in [1.54, 1.807) is 79.1 Å². The van der Waals surface area contributed by atoms with E-state index in [4.69, 9.17) is 28.4 Å². The second kappa shape index (κ2) is 21.6. The number of aromatic nitrogens is 2. The normalized spacial score (nSPS) is 34.1. The summed E-state index contributed by atoms with van der Waals surface area (Å²) in [6.45, 7) is 13.5. The number of alkyl carbamates (subject to hydrolysis) is 2. The number of cyclic esters (lactones) is 1. The van der Waals surface area contributed by atoms with Crippen molar-refractivity contribution in [2.24, 2.45) is 23.7 Å². The van der Waals surface area contributed by atoms with Gasteiger partial charge in [-0.2, -0.15) is 0 Å². The minimum Gasteiger partial charge on any atom is -0.461 e. The maximum atomic E-state index is 14.7. The molecule has 0 aliphatic carbocycles. The van der Waals surface area contributed by atoms with E-state index in [0.717, 1.165) is 16.5 Å². The summed E-state index contributed by atoms with van der Waals surface area (Å²) in [6.07, 6.45) is 0.567. The first kappa shape index (κ1) is 50.9. The number of ketones is 1. The van der Waals surface area contributed by atoms with Gasteiger partial charge in [0.25, 0.3) is 0 Å². The van der Waals surface area contributed by atoms with Crippen LogP contribution < -0.4 is 10.6 Å². The lowest BCUT2D eigenvalue weighted by Gasteiger charge is -2.48. The largest absolute Gasteiger partial charge is 0.461 e. The summed E-state index contributed by atoms with van der Waals surface area (Å²) in [7, 11) is 3.67. The Morgan fingerprint density at radius 3 is 2.46 bits per heavy atom. The number of hydrogen-bond donors (Lipinski definition) is 3. The van der Waals surface area contributed by atoms with Gasteiger partial charge in [-0.3, -0.25) is 24.4 Å². The summed E-state index contributed by atoms with van der Waals surface area (Å²) >= 11 is 0. The minimum absolute atomic E-state index is 0.0423. The Morgan fingerprint density at radius 1 is 1.01 bits per heavy atom. The molecule has 3 N–H and O–H groups in total. The van der Waals surface area contributed by atoms with Crippen molar-refractivity contribution in [2.75, 3.05) is 20.6 Å². The summed E-state index contributed by atoms with van der Waals surface area (Å²) in [5.41, 5.74) is -0.983. The summed E-state index contributed by atoms with van der Waals surface area (Å²) in [6, 6.07) is 11.6. The van der Waals surface area contributed by atoms with Crippen LogP contribution in [0.5, 0.6) is 0 Å². The summed E-state index contributed by atoms with van der Waals surface area (Å²) in [5.74, 6) is -5.76. The first-order valence-corrected chi connectivity index (χ1v) is 23.2. The van der Waals surface area contributed by atoms with Crippen molar-refractivity contribution in [1.29, 1.82) is 0 Å². The van der Waals surface area contributed by atoms with Gasteiger partial charge in [-0.1, -0.05) is 64.1 Å². The number of likely N-dealkylation sites (N-methyl/N-ethyl adjacent to an activating group) is 1. The standard InChI is InChI=1S/C50H67N5O12/c1-11-38-50(8)43(54-48(61)67-50)30(4)40(57)28(2)26-49(7,66-47(60)53-22-15-17-34-20-23-52-36-19-13-12-18-35(34)36)44(65-46-41(58)37(55(9)10)24-29(3)62-46)31(5)42(32(6)45(59)63-38)64-39(56)25-33-16-14-21-51-27-33/h12-21,23,27-32,37-38,41-44,46,58H,11,22,24-26H2,1-10H3,(H,53,60)(H,54,61)/b17-15+/t28-,29-,30+,31+,32-,37+,38-,41-,42+,43-,44-,46+,49-,50-/m1/s1. The predicted molar refractivity (Wildman–Crippen MR) is 247 cm³/mol. The molecule has 0 spiro atoms. The van der Waals surface area contributed by atoms with Crippen LogP contribution in [-0.2, 0) is 49.2 Å². The van der Waals surface area contributed by atoms with Gasteiger partial charge in [-0.05, 0) is 90.4 Å². The van der Waals surface area contributed by atoms with E-state index in [0.29, 0.717) is 12.0 Å². The lowest BCUT2D eigenvalue weighted by atomic mass is 9.73. The van der Waals surface area contributed by atoms with Gasteiger partial charge >= 0.3 is 24.1 Å². The van der Waals surface area contributed by atoms with Gasteiger partial charge < -0.3 is 49.1 Å². The van der Waals surface area contributed by atoms with Gasteiger partial charge in [0.05, 0.1) is 30.0 Å². The highest BCUT2D eigenvalue weighted by Gasteiger charge is 2.58. The Labute approximate surface area is 392 Å². The molecule has 67 heavy (non-hydrogen) atoms. The van der Waals surface area contributed by atoms with Crippen LogP contribution in [0.4, 0.5) is 9.59 Å². The van der Waals surface area contributed by atoms with Crippen LogP contribution in [0, 0.1) is 23.7 Å². The van der Waals surface area contributed by atoms with Crippen LogP contribution in [0.15, 0.2) is 67.1 Å². The number of ether oxygens (including phenoxy) is 6. The molecule has 0 saturated carbocycles. The zero-order chi connectivity index (χ0) is 48.8. The van der Waals surface area contributed by atoms with E-state index in [1.807, 2.05) is 62.3 Å². The lowest BCUT2D eigenvalue weighted by Crippen LogP contribution is -2.61. The second-order valence-corrected chi connectivity index (χ2v) is 19.0. The van der Waals surface area contributed by atoms with Crippen molar-refractivity contribution in [3.8, 4) is 0 Å². The quantitative estimate of drug-likeness (QED) is 0.153. The molecule has 17 nitrogen and oxygen atoms in total. The van der Waals surface area contributed by atoms with Gasteiger partial charge in [0, 0.05) is 54.3 Å². The highest BCUT2D eigenvalue weighted by atomic mass is 16.7. The average molecular weight is 930 g/mol. The van der Waals surface area contributed by atoms with Crippen LogP contribution in [0.25, 0.3) is 17.0 Å². The van der Waals surface area contributed by atoms with Crippen LogP contribution in [0.3, 0.4) is 0 Å². The van der Waals surface area contributed by atoms with Crippen LogP contribution in [0.2, 0.25) is 0 Å². The molecule has 17 heteroatoms. The Balaban J connectivity index is 1.44. The number of carbonyl (C=O) groups is 5. The number of esters is 2. The number of amides is 2. The number of fused-ring (bicyclic) bond motifs is 2. The molecule has 5 heterocycles. The number of nitrogens with one attached hydrogen (secondary N) is 2. The minimum atomic E-state index is -1.77. The molecule has 14 atom stereocenters. The SMILES string of the molecule is CC[C@H]1OC(=O)[C@H](C)[C@@H](OC(=O)Cc2cccnc2)[C@H](C)[C@@H](O[C@@H]2O[C@H](C)C[C@H](N(C)C)[C@H]2O)[C@](C)(OC(=O)NC/C=C/c2ccnc3ccccc23)C[C@@H](C)C(=O)[C@H](C)[C@H]2NC(=O)O[C@@]21C. The molecule has 3 fully saturated rings. The Morgan fingerprint density at radius 2 is 1.76 bits per heavy atom. The Hall–Kier alpha value is -5.49. The van der Waals surface area contributed by atoms with Gasteiger partial charge in [0.2, 0.25) is 0 Å². The maximum Gasteiger partial charge on any atom is 0.408 e. The molecule has 3 aliphatic heterocycles. The molecule has 2 amide bonds. The number of pyridine rings is 2. The number of hydrogen-bond acceptors (Lipinski definition) is 15. The van der Waals surface area contributed by atoms with Gasteiger partial charge in [-0.25, -0.2) is 9.59 Å². The highest BCUT2D eigenvalue weighted by molar-refractivity contribution is 5.88. The van der Waals surface area contributed by atoms with Gasteiger partial charge in [0.15, 0.2) is 11.9 Å². The van der Waals surface area contributed by atoms with Crippen molar-refractivity contribution in [2.45, 2.75) is 141 Å². The number of para-hydroxylation sites is 1. The number of carbonyl (C=O) groups excluding carboxylic acids is 5. The third kappa shape index (κ3) is 11.6. The van der Waals surface area contributed by atoms with Crippen molar-refractivity contribution < 1.29 is 57.5 Å². The van der Waals surface area contributed by atoms with Crippen molar-refractivity contribution in [1.82, 2.24) is 25.5 Å². The molecule has 3 saturated heterocycles. The van der Waals surface area contributed by atoms with E-state index in [1.165, 1.54) is 6.20 Å². The second-order valence-electron chi connectivity index (χ2n) is 19.0. The molecular weight excluding hydrogens is 863 g/mol. The molecular formula is C50H67N5O12. The first-order chi connectivity index (χ1) is 31.8. The first-order valence-electron chi connectivity index (χ1n) is 23.2. The lowest BCUT2D eigenvalue weighted by molar-refractivity contribution is -0.298. The third-order valence-electron chi connectivity index (χ3n) is 13.6. The molecule has 0 unspecified atom stereocenters. The molecule has 6 rings (SSSR count).